The van der Waals surface area contributed by atoms with Crippen molar-refractivity contribution in [2.75, 3.05) is 0 Å². The Bertz CT molecular complexity index is 1170. The number of rotatable bonds is 8. The van der Waals surface area contributed by atoms with Crippen molar-refractivity contribution in [1.29, 1.82) is 0 Å². The lowest BCUT2D eigenvalue weighted by molar-refractivity contribution is -0.384. The van der Waals surface area contributed by atoms with Gasteiger partial charge in [-0.1, -0.05) is 72.8 Å². The van der Waals surface area contributed by atoms with Gasteiger partial charge in [-0.2, -0.15) is 0 Å². The molecule has 164 valence electrons. The van der Waals surface area contributed by atoms with Crippen molar-refractivity contribution < 1.29 is 14.5 Å². The molecule has 0 unspecified atom stereocenters. The molecule has 0 aromatic heterocycles. The van der Waals surface area contributed by atoms with E-state index in [1.807, 2.05) is 72.8 Å². The lowest BCUT2D eigenvalue weighted by Gasteiger charge is -2.20. The molecule has 4 aromatic carbocycles. The molecule has 1 N–H and O–H groups in total. The zero-order valence-electron chi connectivity index (χ0n) is 17.8. The van der Waals surface area contributed by atoms with Gasteiger partial charge < -0.3 is 10.1 Å². The highest BCUT2D eigenvalue weighted by Crippen LogP contribution is 2.23. The number of carbonyl (C=O) groups is 1. The average Bonchev–Trinajstić information content (AvgIpc) is 2.87. The van der Waals surface area contributed by atoms with Gasteiger partial charge in [-0.15, -0.1) is 0 Å². The lowest BCUT2D eigenvalue weighted by Crippen LogP contribution is -2.29. The van der Waals surface area contributed by atoms with Gasteiger partial charge in [-0.05, 0) is 41.0 Å². The number of amides is 1. The SMILES string of the molecule is O=C(NC(c1ccccc1)c1ccccc1)c1ccc(COc2ccc([N+](=O)[O-])cc2)cc1. The van der Waals surface area contributed by atoms with Crippen LogP contribution in [-0.2, 0) is 6.61 Å². The molecule has 6 heteroatoms. The molecule has 4 rings (SSSR count). The molecule has 1 amide bonds. The minimum atomic E-state index is -0.451. The number of nitrogens with zero attached hydrogens (tertiary/aromatic N) is 1. The maximum absolute atomic E-state index is 13.0. The van der Waals surface area contributed by atoms with Crippen molar-refractivity contribution >= 4 is 11.6 Å². The number of hydrogen-bond donors (Lipinski definition) is 1. The van der Waals surface area contributed by atoms with Gasteiger partial charge in [-0.3, -0.25) is 14.9 Å². The van der Waals surface area contributed by atoms with Crippen LogP contribution in [-0.4, -0.2) is 10.8 Å². The second-order valence-corrected chi connectivity index (χ2v) is 7.46. The zero-order valence-corrected chi connectivity index (χ0v) is 17.8. The van der Waals surface area contributed by atoms with E-state index in [9.17, 15) is 14.9 Å². The number of hydrogen-bond acceptors (Lipinski definition) is 4. The number of nitrogens with one attached hydrogen (secondary N) is 1. The molecular weight excluding hydrogens is 416 g/mol. The summed E-state index contributed by atoms with van der Waals surface area (Å²) in [6, 6.07) is 32.6. The number of ether oxygens (including phenoxy) is 1. The molecule has 0 aliphatic heterocycles. The normalized spacial score (nSPS) is 10.6. The maximum atomic E-state index is 13.0. The van der Waals surface area contributed by atoms with Crippen LogP contribution in [0.4, 0.5) is 5.69 Å². The summed E-state index contributed by atoms with van der Waals surface area (Å²) in [5.74, 6) is 0.367. The van der Waals surface area contributed by atoms with E-state index in [0.29, 0.717) is 11.3 Å². The molecule has 4 aromatic rings. The summed E-state index contributed by atoms with van der Waals surface area (Å²) >= 11 is 0. The van der Waals surface area contributed by atoms with Gasteiger partial charge in [0.2, 0.25) is 0 Å². The Morgan fingerprint density at radius 3 is 1.85 bits per heavy atom. The van der Waals surface area contributed by atoms with Crippen molar-refractivity contribution in [1.82, 2.24) is 5.32 Å². The van der Waals surface area contributed by atoms with Crippen LogP contribution < -0.4 is 10.1 Å². The Balaban J connectivity index is 1.42. The van der Waals surface area contributed by atoms with Gasteiger partial charge in [0.05, 0.1) is 11.0 Å². The monoisotopic (exact) mass is 438 g/mol. The number of benzene rings is 4. The summed E-state index contributed by atoms with van der Waals surface area (Å²) in [4.78, 5) is 23.3. The van der Waals surface area contributed by atoms with Crippen molar-refractivity contribution in [3.05, 3.63) is 142 Å². The molecule has 0 saturated heterocycles. The van der Waals surface area contributed by atoms with Crippen LogP contribution >= 0.6 is 0 Å². The standard InChI is InChI=1S/C27H22N2O4/c30-27(28-26(21-7-3-1-4-8-21)22-9-5-2-6-10-22)23-13-11-20(12-14-23)19-33-25-17-15-24(16-18-25)29(31)32/h1-18,26H,19H2,(H,28,30). The van der Waals surface area contributed by atoms with Gasteiger partial charge in [0.15, 0.2) is 0 Å². The molecule has 0 spiro atoms. The van der Waals surface area contributed by atoms with Crippen LogP contribution in [0.1, 0.15) is 33.1 Å². The lowest BCUT2D eigenvalue weighted by atomic mass is 9.98. The Hall–Kier alpha value is -4.45. The highest BCUT2D eigenvalue weighted by Gasteiger charge is 2.17. The first-order valence-corrected chi connectivity index (χ1v) is 10.5. The second kappa shape index (κ2) is 10.2. The van der Waals surface area contributed by atoms with Crippen LogP contribution in [0.5, 0.6) is 5.75 Å². The minimum Gasteiger partial charge on any atom is -0.489 e. The van der Waals surface area contributed by atoms with Gasteiger partial charge in [-0.25, -0.2) is 0 Å². The first-order chi connectivity index (χ1) is 16.1. The average molecular weight is 438 g/mol. The maximum Gasteiger partial charge on any atom is 0.269 e. The highest BCUT2D eigenvalue weighted by atomic mass is 16.6. The van der Waals surface area contributed by atoms with Gasteiger partial charge >= 0.3 is 0 Å². The first-order valence-electron chi connectivity index (χ1n) is 10.5. The number of nitro groups is 1. The van der Waals surface area contributed by atoms with Crippen LogP contribution in [0.3, 0.4) is 0 Å². The molecular formula is C27H22N2O4. The fourth-order valence-electron chi connectivity index (χ4n) is 3.45. The number of nitro benzene ring substituents is 1. The largest absolute Gasteiger partial charge is 0.489 e. The third kappa shape index (κ3) is 5.62. The molecule has 0 aliphatic carbocycles. The van der Waals surface area contributed by atoms with Crippen LogP contribution in [0.25, 0.3) is 0 Å². The molecule has 33 heavy (non-hydrogen) atoms. The minimum absolute atomic E-state index is 0.0158. The van der Waals surface area contributed by atoms with Crippen LogP contribution in [0, 0.1) is 10.1 Å². The van der Waals surface area contributed by atoms with E-state index in [4.69, 9.17) is 4.74 Å². The van der Waals surface area contributed by atoms with E-state index >= 15 is 0 Å². The first kappa shape index (κ1) is 21.8. The van der Waals surface area contributed by atoms with E-state index in [0.717, 1.165) is 16.7 Å². The van der Waals surface area contributed by atoms with Gasteiger partial charge in [0.25, 0.3) is 11.6 Å². The number of carbonyl (C=O) groups excluding carboxylic acids is 1. The molecule has 0 bridgehead atoms. The second-order valence-electron chi connectivity index (χ2n) is 7.46. The summed E-state index contributed by atoms with van der Waals surface area (Å²) in [5, 5.41) is 13.9. The topological polar surface area (TPSA) is 81.5 Å². The van der Waals surface area contributed by atoms with E-state index in [1.54, 1.807) is 24.3 Å². The van der Waals surface area contributed by atoms with E-state index in [-0.39, 0.29) is 24.2 Å². The summed E-state index contributed by atoms with van der Waals surface area (Å²) in [5.41, 5.74) is 3.45. The summed E-state index contributed by atoms with van der Waals surface area (Å²) in [6.45, 7) is 0.288. The predicted molar refractivity (Wildman–Crippen MR) is 126 cm³/mol. The third-order valence-electron chi connectivity index (χ3n) is 5.21. The molecule has 6 nitrogen and oxygen atoms in total. The molecule has 0 radical (unpaired) electrons. The van der Waals surface area contributed by atoms with Gasteiger partial charge in [0, 0.05) is 17.7 Å². The smallest absolute Gasteiger partial charge is 0.269 e. The Kier molecular flexibility index (Phi) is 6.75. The molecule has 0 saturated carbocycles. The van der Waals surface area contributed by atoms with Crippen LogP contribution in [0.2, 0.25) is 0 Å². The summed E-state index contributed by atoms with van der Waals surface area (Å²) < 4.78 is 5.68. The Morgan fingerprint density at radius 1 is 0.788 bits per heavy atom. The van der Waals surface area contributed by atoms with Crippen molar-refractivity contribution in [2.24, 2.45) is 0 Å². The molecule has 0 fully saturated rings. The quantitative estimate of drug-likeness (QED) is 0.283. The van der Waals surface area contributed by atoms with Crippen molar-refractivity contribution in [3.8, 4) is 5.75 Å². The fraction of sp³-hybridized carbons (Fsp3) is 0.0741. The van der Waals surface area contributed by atoms with Crippen LogP contribution in [0.15, 0.2) is 109 Å². The highest BCUT2D eigenvalue weighted by molar-refractivity contribution is 5.94. The zero-order chi connectivity index (χ0) is 23.0. The van der Waals surface area contributed by atoms with Crippen molar-refractivity contribution in [3.63, 3.8) is 0 Å². The number of non-ortho nitro benzene ring substituents is 1. The molecule has 0 atom stereocenters. The third-order valence-corrected chi connectivity index (χ3v) is 5.21. The van der Waals surface area contributed by atoms with E-state index in [1.165, 1.54) is 12.1 Å². The Morgan fingerprint density at radius 2 is 1.33 bits per heavy atom. The predicted octanol–water partition coefficient (Wildman–Crippen LogP) is 5.69. The molecule has 0 aliphatic rings. The summed E-state index contributed by atoms with van der Waals surface area (Å²) in [7, 11) is 0. The van der Waals surface area contributed by atoms with E-state index < -0.39 is 4.92 Å². The summed E-state index contributed by atoms with van der Waals surface area (Å²) in [6.07, 6.45) is 0. The van der Waals surface area contributed by atoms with E-state index in [2.05, 4.69) is 5.32 Å². The Labute approximate surface area is 191 Å². The van der Waals surface area contributed by atoms with Crippen molar-refractivity contribution in [2.45, 2.75) is 12.6 Å². The van der Waals surface area contributed by atoms with Gasteiger partial charge in [0.1, 0.15) is 12.4 Å². The molecule has 0 heterocycles. The fourth-order valence-corrected chi connectivity index (χ4v) is 3.45.